The summed E-state index contributed by atoms with van der Waals surface area (Å²) < 4.78 is 21.6. The van der Waals surface area contributed by atoms with E-state index in [0.717, 1.165) is 21.7 Å². The topological polar surface area (TPSA) is 169 Å². The summed E-state index contributed by atoms with van der Waals surface area (Å²) in [6, 6.07) is 6.62. The van der Waals surface area contributed by atoms with E-state index < -0.39 is 29.6 Å². The van der Waals surface area contributed by atoms with Gasteiger partial charge >= 0.3 is 5.97 Å². The van der Waals surface area contributed by atoms with Gasteiger partial charge < -0.3 is 44.7 Å². The van der Waals surface area contributed by atoms with Crippen LogP contribution in [-0.4, -0.2) is 122 Å². The van der Waals surface area contributed by atoms with Crippen molar-refractivity contribution in [3.63, 3.8) is 0 Å². The Hall–Kier alpha value is -2.98. The van der Waals surface area contributed by atoms with Crippen molar-refractivity contribution >= 4 is 29.1 Å². The highest BCUT2D eigenvalue weighted by Gasteiger charge is 2.43. The lowest BCUT2D eigenvalue weighted by atomic mass is 9.85. The van der Waals surface area contributed by atoms with Gasteiger partial charge in [0.2, 0.25) is 11.8 Å². The molecule has 2 aromatic rings. The maximum Gasteiger partial charge on any atom is 0.305 e. The molecular formula is C33H50N4O9S. The van der Waals surface area contributed by atoms with Crippen LogP contribution < -0.4 is 10.6 Å². The Bertz CT molecular complexity index is 1250. The van der Waals surface area contributed by atoms with E-state index in [1.54, 1.807) is 11.3 Å². The van der Waals surface area contributed by atoms with Crippen molar-refractivity contribution in [1.29, 1.82) is 0 Å². The summed E-state index contributed by atoms with van der Waals surface area (Å²) in [5, 5.41) is 25.2. The number of aliphatic carboxylic acids is 1. The van der Waals surface area contributed by atoms with E-state index in [9.17, 15) is 19.5 Å². The van der Waals surface area contributed by atoms with Gasteiger partial charge in [-0.1, -0.05) is 45.0 Å². The molecule has 2 heterocycles. The number of carbonyl (C=O) groups is 3. The summed E-state index contributed by atoms with van der Waals surface area (Å²) in [6.07, 6.45) is -0.616. The average Bonchev–Trinajstić information content (AvgIpc) is 3.64. The summed E-state index contributed by atoms with van der Waals surface area (Å²) in [4.78, 5) is 44.4. The van der Waals surface area contributed by atoms with Gasteiger partial charge in [-0.3, -0.25) is 14.4 Å². The third kappa shape index (κ3) is 13.2. The van der Waals surface area contributed by atoms with Crippen LogP contribution >= 0.6 is 11.3 Å². The Morgan fingerprint density at radius 1 is 0.979 bits per heavy atom. The number of nitrogens with zero attached hydrogens (tertiary/aromatic N) is 2. The third-order valence-corrected chi connectivity index (χ3v) is 8.55. The van der Waals surface area contributed by atoms with Crippen LogP contribution in [0.25, 0.3) is 10.4 Å². The number of carboxylic acid groups (broad SMARTS) is 1. The molecule has 1 aromatic heterocycles. The Morgan fingerprint density at radius 2 is 1.57 bits per heavy atom. The molecule has 2 amide bonds. The fraction of sp³-hybridized carbons (Fsp3) is 0.636. The Morgan fingerprint density at radius 3 is 2.13 bits per heavy atom. The van der Waals surface area contributed by atoms with Crippen molar-refractivity contribution in [1.82, 2.24) is 20.5 Å². The highest BCUT2D eigenvalue weighted by Crippen LogP contribution is 2.28. The number of amides is 2. The number of β-amino-alcohol motifs (C(OH)–C–C–N with tert-alkyl or cyclic N) is 1. The maximum atomic E-state index is 13.8. The minimum Gasteiger partial charge on any atom is -0.481 e. The van der Waals surface area contributed by atoms with Crippen molar-refractivity contribution in [2.24, 2.45) is 5.41 Å². The summed E-state index contributed by atoms with van der Waals surface area (Å²) >= 11 is 1.59. The standard InChI is InChI=1S/C33H50N4O9S/c1-23-29(47-22-36-23)25-7-5-24(6-8-25)20-35-31(41)27-19-26(38)21-37(27)32(42)30(33(2,3)4)34-10-12-44-14-16-46-18-17-45-15-13-43-11-9-28(39)40/h5-8,22,26-27,30,34,38H,9-21H2,1-4H3,(H,35,41)(H,39,40). The van der Waals surface area contributed by atoms with E-state index in [-0.39, 0.29) is 37.8 Å². The van der Waals surface area contributed by atoms with Crippen LogP contribution in [0, 0.1) is 12.3 Å². The number of hydrogen-bond donors (Lipinski definition) is 4. The summed E-state index contributed by atoms with van der Waals surface area (Å²) in [5.41, 5.74) is 4.37. The molecule has 1 saturated heterocycles. The number of aryl methyl sites for hydroxylation is 1. The van der Waals surface area contributed by atoms with Crippen molar-refractivity contribution in [2.45, 2.75) is 65.3 Å². The summed E-state index contributed by atoms with van der Waals surface area (Å²) in [6.45, 7) is 11.5. The first-order chi connectivity index (χ1) is 22.5. The molecule has 0 spiro atoms. The number of benzene rings is 1. The van der Waals surface area contributed by atoms with Gasteiger partial charge in [-0.15, -0.1) is 11.3 Å². The SMILES string of the molecule is Cc1ncsc1-c1ccc(CNC(=O)C2CC(O)CN2C(=O)C(NCCOCCOCCOCCOCCC(=O)O)C(C)(C)C)cc1. The van der Waals surface area contributed by atoms with E-state index in [1.807, 2.05) is 57.5 Å². The molecule has 3 atom stereocenters. The number of hydrogen-bond acceptors (Lipinski definition) is 11. The second-order valence-electron chi connectivity index (χ2n) is 12.4. The van der Waals surface area contributed by atoms with E-state index in [0.29, 0.717) is 59.3 Å². The highest BCUT2D eigenvalue weighted by atomic mass is 32.1. The third-order valence-electron chi connectivity index (χ3n) is 7.58. The number of likely N-dealkylation sites (tertiary alicyclic amines) is 1. The molecule has 3 unspecified atom stereocenters. The van der Waals surface area contributed by atoms with Gasteiger partial charge in [-0.05, 0) is 23.5 Å². The van der Waals surface area contributed by atoms with Crippen LogP contribution in [0.1, 0.15) is 44.9 Å². The zero-order valence-electron chi connectivity index (χ0n) is 27.9. The number of carboxylic acids is 1. The van der Waals surface area contributed by atoms with Crippen molar-refractivity contribution in [3.05, 3.63) is 41.0 Å². The van der Waals surface area contributed by atoms with Gasteiger partial charge in [0.25, 0.3) is 0 Å². The van der Waals surface area contributed by atoms with Gasteiger partial charge in [-0.25, -0.2) is 4.98 Å². The van der Waals surface area contributed by atoms with Gasteiger partial charge in [0.1, 0.15) is 6.04 Å². The van der Waals surface area contributed by atoms with Gasteiger partial charge in [0.05, 0.1) is 87.5 Å². The molecule has 0 bridgehead atoms. The first kappa shape index (κ1) is 38.5. The van der Waals surface area contributed by atoms with Crippen molar-refractivity contribution in [2.75, 3.05) is 65.9 Å². The predicted molar refractivity (Wildman–Crippen MR) is 177 cm³/mol. The molecule has 1 aliphatic rings. The van der Waals surface area contributed by atoms with E-state index in [2.05, 4.69) is 15.6 Å². The Labute approximate surface area is 280 Å². The zero-order valence-corrected chi connectivity index (χ0v) is 28.7. The molecule has 1 fully saturated rings. The number of aliphatic hydroxyl groups is 1. The number of aromatic nitrogens is 1. The predicted octanol–water partition coefficient (Wildman–Crippen LogP) is 2.24. The van der Waals surface area contributed by atoms with Gasteiger partial charge in [-0.2, -0.15) is 0 Å². The second-order valence-corrected chi connectivity index (χ2v) is 13.3. The quantitative estimate of drug-likeness (QED) is 0.143. The molecule has 0 radical (unpaired) electrons. The molecular weight excluding hydrogens is 628 g/mol. The first-order valence-corrected chi connectivity index (χ1v) is 16.9. The normalized spacial score (nSPS) is 17.2. The summed E-state index contributed by atoms with van der Waals surface area (Å²) in [7, 11) is 0. The molecule has 1 aliphatic heterocycles. The Kier molecular flexibility index (Phi) is 16.2. The molecule has 14 heteroatoms. The van der Waals surface area contributed by atoms with Crippen molar-refractivity contribution < 1.29 is 43.5 Å². The van der Waals surface area contributed by atoms with E-state index in [4.69, 9.17) is 24.1 Å². The molecule has 0 aliphatic carbocycles. The minimum atomic E-state index is -0.894. The molecule has 1 aromatic carbocycles. The molecule has 47 heavy (non-hydrogen) atoms. The molecule has 262 valence electrons. The second kappa shape index (κ2) is 19.7. The smallest absolute Gasteiger partial charge is 0.305 e. The Balaban J connectivity index is 1.37. The average molecular weight is 679 g/mol. The van der Waals surface area contributed by atoms with Crippen LogP contribution in [0.2, 0.25) is 0 Å². The van der Waals surface area contributed by atoms with Crippen LogP contribution in [0.3, 0.4) is 0 Å². The van der Waals surface area contributed by atoms with E-state index >= 15 is 0 Å². The minimum absolute atomic E-state index is 0.0280. The number of ether oxygens (including phenoxy) is 4. The molecule has 0 saturated carbocycles. The highest BCUT2D eigenvalue weighted by molar-refractivity contribution is 7.13. The lowest BCUT2D eigenvalue weighted by molar-refractivity contribution is -0.142. The van der Waals surface area contributed by atoms with Crippen molar-refractivity contribution in [3.8, 4) is 10.4 Å². The zero-order chi connectivity index (χ0) is 34.2. The molecule has 4 N–H and O–H groups in total. The lowest BCUT2D eigenvalue weighted by Gasteiger charge is -2.35. The fourth-order valence-electron chi connectivity index (χ4n) is 5.09. The first-order valence-electron chi connectivity index (χ1n) is 16.0. The summed E-state index contributed by atoms with van der Waals surface area (Å²) in [5.74, 6) is -1.41. The van der Waals surface area contributed by atoms with E-state index in [1.165, 1.54) is 4.90 Å². The monoisotopic (exact) mass is 678 g/mol. The maximum absolute atomic E-state index is 13.8. The lowest BCUT2D eigenvalue weighted by Crippen LogP contribution is -2.57. The van der Waals surface area contributed by atoms with Crippen LogP contribution in [0.5, 0.6) is 0 Å². The van der Waals surface area contributed by atoms with Gasteiger partial charge in [0, 0.05) is 26.1 Å². The number of nitrogens with one attached hydrogen (secondary N) is 2. The van der Waals surface area contributed by atoms with Crippen LogP contribution in [0.4, 0.5) is 0 Å². The van der Waals surface area contributed by atoms with Crippen LogP contribution in [-0.2, 0) is 39.9 Å². The largest absolute Gasteiger partial charge is 0.481 e. The molecule has 13 nitrogen and oxygen atoms in total. The number of thiazole rings is 1. The fourth-order valence-corrected chi connectivity index (χ4v) is 5.90. The van der Waals surface area contributed by atoms with Crippen LogP contribution in [0.15, 0.2) is 29.8 Å². The molecule has 3 rings (SSSR count). The van der Waals surface area contributed by atoms with Gasteiger partial charge in [0.15, 0.2) is 0 Å². The number of aliphatic hydroxyl groups excluding tert-OH is 1. The number of carbonyl (C=O) groups excluding carboxylic acids is 2. The number of rotatable bonds is 21.